The Labute approximate surface area is 737 Å². The number of phosphoric ester groups is 2. The lowest BCUT2D eigenvalue weighted by molar-refractivity contribution is -0.870. The number of esters is 1. The van der Waals surface area contributed by atoms with Crippen molar-refractivity contribution < 1.29 is 119 Å². The summed E-state index contributed by atoms with van der Waals surface area (Å²) < 4.78 is 54.6. The summed E-state index contributed by atoms with van der Waals surface area (Å²) in [6.45, 7) is 12.4. The molecule has 0 aliphatic rings. The van der Waals surface area contributed by atoms with E-state index in [4.69, 9.17) is 54.9 Å². The number of ketones is 1. The number of hydrogen-bond donors (Lipinski definition) is 10. The number of rotatable bonds is 36. The number of carboxylic acids is 4. The zero-order valence-corrected chi connectivity index (χ0v) is 75.0. The number of carbonyl (C=O) groups is 9. The minimum atomic E-state index is -4.68. The predicted octanol–water partition coefficient (Wildman–Crippen LogP) is 14.3. The molecule has 0 heterocycles. The number of nitrogens with two attached hydrogens (primary N) is 2. The number of aryl methyl sites for hydroxylation is 6. The van der Waals surface area contributed by atoms with Crippen LogP contribution in [0.1, 0.15) is 167 Å². The Kier molecular flexibility index (Phi) is 36.8. The van der Waals surface area contributed by atoms with Crippen LogP contribution in [-0.4, -0.2) is 185 Å². The molecular formula is C94H108N8O23P2. The predicted molar refractivity (Wildman–Crippen MR) is 482 cm³/mol. The highest BCUT2D eigenvalue weighted by atomic mass is 31.2. The van der Waals surface area contributed by atoms with Crippen LogP contribution in [0.25, 0.3) is 0 Å². The maximum Gasteiger partial charge on any atom is 0.338 e. The lowest BCUT2D eigenvalue weighted by Gasteiger charge is -2.27. The third-order valence-electron chi connectivity index (χ3n) is 19.2. The monoisotopic (exact) mass is 1780 g/mol. The van der Waals surface area contributed by atoms with Gasteiger partial charge >= 0.3 is 29.8 Å². The summed E-state index contributed by atoms with van der Waals surface area (Å²) in [6.07, 6.45) is 2.16. The molecular weight excluding hydrogens is 1670 g/mol. The summed E-state index contributed by atoms with van der Waals surface area (Å²) in [5.41, 5.74) is 28.7. The molecule has 10 rings (SSSR count). The molecule has 127 heavy (non-hydrogen) atoms. The Morgan fingerprint density at radius 1 is 0.354 bits per heavy atom. The summed E-state index contributed by atoms with van der Waals surface area (Å²) in [7, 11) is 4.02. The Morgan fingerprint density at radius 2 is 0.654 bits per heavy atom. The molecule has 0 aliphatic carbocycles. The molecule has 10 aromatic rings. The molecule has 0 aliphatic heterocycles. The average molecular weight is 1780 g/mol. The highest BCUT2D eigenvalue weighted by molar-refractivity contribution is 7.46. The molecule has 10 aromatic carbocycles. The molecule has 0 radical (unpaired) electrons. The van der Waals surface area contributed by atoms with Crippen LogP contribution < -0.4 is 47.3 Å². The van der Waals surface area contributed by atoms with E-state index in [2.05, 4.69) is 62.2 Å². The number of anilines is 6. The van der Waals surface area contributed by atoms with E-state index in [0.29, 0.717) is 63.1 Å². The second-order valence-corrected chi connectivity index (χ2v) is 34.7. The first-order valence-electron chi connectivity index (χ1n) is 39.9. The lowest BCUT2D eigenvalue weighted by Crippen LogP contribution is -2.37. The number of carboxylic acid groups (broad SMARTS) is 4. The molecule has 2 atom stereocenters. The quantitative estimate of drug-likeness (QED) is 0.00435. The van der Waals surface area contributed by atoms with Gasteiger partial charge in [-0.05, 0) is 238 Å². The molecule has 672 valence electrons. The van der Waals surface area contributed by atoms with Gasteiger partial charge in [-0.15, -0.1) is 0 Å². The van der Waals surface area contributed by atoms with Gasteiger partial charge < -0.3 is 99.5 Å². The molecule has 31 nitrogen and oxygen atoms in total. The van der Waals surface area contributed by atoms with E-state index in [1.165, 1.54) is 54.4 Å². The SMILES string of the molecule is CNc1ccc(Cc2ccc(NC(=O)c3cc(C(=O)Nc4ccc(Cc5ccc(NC(=O)c6cccc(C(C)=O)c6)c(C)c5)cc4C)cc(C(=O)OCCOP(=O)([O-])OCC[N+](C)(C)C)c3)c(C)c2)cc1C.C[N+](C)(C)CCOP(=O)([O-])OCCOc1cc(C(=O)O)cc(C(=O)O)c1.Cc1cc(Cc2ccc(N)c(C)c2)ccc1N.O=C(O)c1cccc(C(=O)O)c1. The highest BCUT2D eigenvalue weighted by Gasteiger charge is 2.23. The molecule has 0 spiro atoms. The molecule has 0 saturated heterocycles. The van der Waals surface area contributed by atoms with Gasteiger partial charge in [0, 0.05) is 63.4 Å². The van der Waals surface area contributed by atoms with Crippen LogP contribution in [0.2, 0.25) is 0 Å². The van der Waals surface area contributed by atoms with E-state index < -0.39 is 70.5 Å². The summed E-state index contributed by atoms with van der Waals surface area (Å²) in [6, 6.07) is 54.7. The minimum Gasteiger partial charge on any atom is -0.756 e. The van der Waals surface area contributed by atoms with Crippen LogP contribution in [0.3, 0.4) is 0 Å². The summed E-state index contributed by atoms with van der Waals surface area (Å²) >= 11 is 0. The number of amides is 3. The Hall–Kier alpha value is -13.0. The van der Waals surface area contributed by atoms with Crippen LogP contribution >= 0.6 is 15.6 Å². The number of phosphoric acid groups is 2. The zero-order valence-electron chi connectivity index (χ0n) is 73.2. The van der Waals surface area contributed by atoms with Gasteiger partial charge in [0.05, 0.1) is 83.3 Å². The smallest absolute Gasteiger partial charge is 0.338 e. The second-order valence-electron chi connectivity index (χ2n) is 31.8. The van der Waals surface area contributed by atoms with Gasteiger partial charge in [0.1, 0.15) is 45.3 Å². The molecule has 0 saturated carbocycles. The Balaban J connectivity index is 0.000000320. The van der Waals surface area contributed by atoms with E-state index >= 15 is 0 Å². The number of hydrogen-bond acceptors (Lipinski definition) is 22. The fourth-order valence-corrected chi connectivity index (χ4v) is 13.6. The number of carbonyl (C=O) groups excluding carboxylic acids is 5. The number of aromatic carboxylic acids is 4. The molecule has 0 aromatic heterocycles. The third kappa shape index (κ3) is 33.8. The van der Waals surface area contributed by atoms with Gasteiger partial charge in [0.2, 0.25) is 0 Å². The van der Waals surface area contributed by atoms with Crippen molar-refractivity contribution in [2.45, 2.75) is 67.7 Å². The van der Waals surface area contributed by atoms with E-state index in [1.54, 1.807) is 30.3 Å². The van der Waals surface area contributed by atoms with Crippen LogP contribution in [0.5, 0.6) is 5.75 Å². The van der Waals surface area contributed by atoms with Crippen LogP contribution in [-0.2, 0) is 51.2 Å². The van der Waals surface area contributed by atoms with E-state index in [1.807, 2.05) is 158 Å². The van der Waals surface area contributed by atoms with Crippen molar-refractivity contribution in [3.8, 4) is 5.75 Å². The van der Waals surface area contributed by atoms with Gasteiger partial charge in [-0.2, -0.15) is 0 Å². The first-order valence-corrected chi connectivity index (χ1v) is 42.8. The average Bonchev–Trinajstić information content (AvgIpc) is 0.812. The summed E-state index contributed by atoms with van der Waals surface area (Å²) in [5.74, 6) is -7.47. The van der Waals surface area contributed by atoms with Gasteiger partial charge in [0.25, 0.3) is 33.4 Å². The van der Waals surface area contributed by atoms with Crippen LogP contribution in [0, 0.1) is 41.5 Å². The van der Waals surface area contributed by atoms with Crippen molar-refractivity contribution >= 4 is 103 Å². The number of nitrogen functional groups attached to an aromatic ring is 2. The van der Waals surface area contributed by atoms with Gasteiger partial charge in [-0.1, -0.05) is 91.0 Å². The van der Waals surface area contributed by atoms with Crippen LogP contribution in [0.4, 0.5) is 34.1 Å². The zero-order chi connectivity index (χ0) is 93.8. The van der Waals surface area contributed by atoms with Crippen molar-refractivity contribution in [2.24, 2.45) is 0 Å². The Morgan fingerprint density at radius 3 is 1.00 bits per heavy atom. The number of benzene rings is 10. The molecule has 2 unspecified atom stereocenters. The molecule has 0 bridgehead atoms. The normalized spacial score (nSPS) is 12.0. The number of Topliss-reactive ketones (excluding diaryl/α,β-unsaturated/α-hetero) is 1. The molecule has 3 amide bonds. The van der Waals surface area contributed by atoms with Crippen molar-refractivity contribution in [1.29, 1.82) is 0 Å². The molecule has 0 fully saturated rings. The van der Waals surface area contributed by atoms with E-state index in [-0.39, 0.29) is 82.8 Å². The van der Waals surface area contributed by atoms with E-state index in [9.17, 15) is 62.1 Å². The number of nitrogens with zero attached hydrogens (tertiary/aromatic N) is 2. The van der Waals surface area contributed by atoms with Gasteiger partial charge in [-0.3, -0.25) is 28.3 Å². The first kappa shape index (κ1) is 101. The summed E-state index contributed by atoms with van der Waals surface area (Å²) in [4.78, 5) is 133. The number of ether oxygens (including phenoxy) is 2. The molecule has 12 N–H and O–H groups in total. The van der Waals surface area contributed by atoms with Crippen LogP contribution in [0.15, 0.2) is 194 Å². The maximum atomic E-state index is 14.0. The number of likely N-dealkylation sites (N-methyl/N-ethyl adjacent to an activating group) is 2. The van der Waals surface area contributed by atoms with Gasteiger partial charge in [0.15, 0.2) is 5.78 Å². The minimum absolute atomic E-state index is 0.000677. The lowest BCUT2D eigenvalue weighted by atomic mass is 9.99. The highest BCUT2D eigenvalue weighted by Crippen LogP contribution is 2.39. The second kappa shape index (κ2) is 46.3. The van der Waals surface area contributed by atoms with Gasteiger partial charge in [-0.25, -0.2) is 24.0 Å². The standard InChI is InChI=1S/C56H62N5O10P.C15H18N2.C15H22NO9P.C8H6O4/c1-35-25-40(13-17-49(35)57-6)29-41-15-19-51(37(3)27-41)59-54(64)46-32-47(34-48(33-46)56(66)69-23-24-71-72(67,68)70-22-21-61(7,8)9)55(65)60-52-20-16-43(28-38(52)4)30-42-14-18-50(36(2)26-42)58-53(63)45-12-10-11-44(31-45)39(5)62;1-10-7-12(3-5-14(10)16)9-13-4-6-15(17)11(2)8-13;1-16(2,3)4-5-24-26(21,22)25-7-6-23-13-9-11(14(17)18)8-12(10-13)15(19)20;9-7(10)5-2-1-3-6(4-5)8(11)12/h10-20,25-28,31-34,57H,21-24,29-30H2,1-9H3,(H3-,58,59,60,63,64,65,67,68);3-8H,9,16-17H2,1-2H3;8-10H,4-7H2,1-3H3,(H2-,17,18,19,20,21,22);1-4H,(H,9,10)(H,11,12). The maximum absolute atomic E-state index is 14.0. The summed E-state index contributed by atoms with van der Waals surface area (Å²) in [5, 5.41) is 46.9. The van der Waals surface area contributed by atoms with E-state index in [0.717, 1.165) is 103 Å². The number of quaternary nitrogens is 2. The first-order chi connectivity index (χ1) is 59.6. The van der Waals surface area contributed by atoms with Crippen molar-refractivity contribution in [3.05, 3.63) is 311 Å². The van der Waals surface area contributed by atoms with Crippen molar-refractivity contribution in [3.63, 3.8) is 0 Å². The topological polar surface area (TPSA) is 470 Å². The fourth-order valence-electron chi connectivity index (χ4n) is 12.2. The largest absolute Gasteiger partial charge is 0.756 e. The molecule has 33 heteroatoms. The van der Waals surface area contributed by atoms with Crippen molar-refractivity contribution in [1.82, 2.24) is 0 Å². The third-order valence-corrected chi connectivity index (χ3v) is 21.2. The number of nitrogens with one attached hydrogen (secondary N) is 4. The Bertz CT molecular complexity index is 5670. The fraction of sp³-hybridized carbons (Fsp3) is 0.266. The van der Waals surface area contributed by atoms with Crippen molar-refractivity contribution in [2.75, 3.05) is 135 Å².